The topological polar surface area (TPSA) is 46.5 Å². The number of hydrogen-bond acceptors (Lipinski definition) is 2. The second-order valence-corrected chi connectivity index (χ2v) is 7.60. The molecule has 0 amide bonds. The van der Waals surface area contributed by atoms with E-state index >= 15 is 0 Å². The molecule has 3 aromatic rings. The summed E-state index contributed by atoms with van der Waals surface area (Å²) >= 11 is 0. The average Bonchev–Trinajstić information content (AvgIpc) is 2.69. The molecule has 3 nitrogen and oxygen atoms in total. The summed E-state index contributed by atoms with van der Waals surface area (Å²) in [6, 6.07) is 25.7. The van der Waals surface area contributed by atoms with Crippen molar-refractivity contribution in [2.75, 3.05) is 0 Å². The Morgan fingerprint density at radius 1 is 0.929 bits per heavy atom. The molecular formula is C25H26O3. The third kappa shape index (κ3) is 4.61. The highest BCUT2D eigenvalue weighted by molar-refractivity contribution is 5.78. The number of hydrogen-bond donors (Lipinski definition) is 1. The molecule has 3 rings (SSSR count). The molecular weight excluding hydrogens is 348 g/mol. The van der Waals surface area contributed by atoms with Crippen LogP contribution in [0.15, 0.2) is 78.9 Å². The monoisotopic (exact) mass is 374 g/mol. The van der Waals surface area contributed by atoms with E-state index in [9.17, 15) is 9.90 Å². The first-order valence-electron chi connectivity index (χ1n) is 9.54. The van der Waals surface area contributed by atoms with Gasteiger partial charge in [0.1, 0.15) is 5.75 Å². The Hall–Kier alpha value is -3.07. The maximum absolute atomic E-state index is 12.0. The van der Waals surface area contributed by atoms with Crippen LogP contribution < -0.4 is 4.74 Å². The van der Waals surface area contributed by atoms with Crippen molar-refractivity contribution < 1.29 is 14.6 Å². The van der Waals surface area contributed by atoms with Crippen LogP contribution in [0.2, 0.25) is 0 Å². The molecule has 3 heteroatoms. The molecule has 0 heterocycles. The standard InChI is InChI=1S/C25H26O3/c1-18(2)20-12-14-23(15-13-20)28-25(3,24(26)27)17-19-8-7-11-22(16-19)21-9-5-4-6-10-21/h4-16,18H,17H2,1-3H3,(H,26,27). The molecule has 0 aliphatic rings. The zero-order valence-corrected chi connectivity index (χ0v) is 16.6. The summed E-state index contributed by atoms with van der Waals surface area (Å²) < 4.78 is 5.95. The lowest BCUT2D eigenvalue weighted by Crippen LogP contribution is -2.43. The lowest BCUT2D eigenvalue weighted by atomic mass is 9.93. The van der Waals surface area contributed by atoms with Gasteiger partial charge in [-0.15, -0.1) is 0 Å². The van der Waals surface area contributed by atoms with Crippen LogP contribution in [-0.2, 0) is 11.2 Å². The third-order valence-electron chi connectivity index (χ3n) is 4.92. The van der Waals surface area contributed by atoms with E-state index in [-0.39, 0.29) is 6.42 Å². The van der Waals surface area contributed by atoms with Crippen LogP contribution in [0, 0.1) is 0 Å². The summed E-state index contributed by atoms with van der Waals surface area (Å²) in [4.78, 5) is 12.0. The Morgan fingerprint density at radius 3 is 2.18 bits per heavy atom. The SMILES string of the molecule is CC(C)c1ccc(OC(C)(Cc2cccc(-c3ccccc3)c2)C(=O)O)cc1. The van der Waals surface area contributed by atoms with Crippen LogP contribution in [0.5, 0.6) is 5.75 Å². The molecule has 0 aliphatic carbocycles. The molecule has 1 unspecified atom stereocenters. The minimum Gasteiger partial charge on any atom is -0.478 e. The van der Waals surface area contributed by atoms with Crippen molar-refractivity contribution in [1.82, 2.24) is 0 Å². The van der Waals surface area contributed by atoms with Gasteiger partial charge in [0.05, 0.1) is 0 Å². The number of benzene rings is 3. The minimum atomic E-state index is -1.35. The van der Waals surface area contributed by atoms with Crippen LogP contribution in [0.25, 0.3) is 11.1 Å². The van der Waals surface area contributed by atoms with Gasteiger partial charge in [-0.2, -0.15) is 0 Å². The summed E-state index contributed by atoms with van der Waals surface area (Å²) in [7, 11) is 0. The summed E-state index contributed by atoms with van der Waals surface area (Å²) in [5.41, 5.74) is 2.93. The molecule has 0 spiro atoms. The number of aliphatic carboxylic acids is 1. The summed E-state index contributed by atoms with van der Waals surface area (Å²) in [5.74, 6) is -0.000280. The molecule has 3 aromatic carbocycles. The largest absolute Gasteiger partial charge is 0.478 e. The van der Waals surface area contributed by atoms with Crippen LogP contribution >= 0.6 is 0 Å². The summed E-state index contributed by atoms with van der Waals surface area (Å²) in [5, 5.41) is 9.86. The Bertz CT molecular complexity index is 930. The highest BCUT2D eigenvalue weighted by Crippen LogP contribution is 2.27. The number of ether oxygens (including phenoxy) is 1. The first-order valence-corrected chi connectivity index (χ1v) is 9.54. The molecule has 0 saturated carbocycles. The van der Waals surface area contributed by atoms with Gasteiger partial charge in [-0.1, -0.05) is 80.6 Å². The van der Waals surface area contributed by atoms with Crippen molar-refractivity contribution in [2.45, 2.75) is 38.7 Å². The second-order valence-electron chi connectivity index (χ2n) is 7.60. The number of carboxylic acids is 1. The Kier molecular flexibility index (Phi) is 5.84. The number of carboxylic acid groups (broad SMARTS) is 1. The molecule has 0 bridgehead atoms. The number of rotatable bonds is 7. The molecule has 28 heavy (non-hydrogen) atoms. The van der Waals surface area contributed by atoms with E-state index in [1.54, 1.807) is 6.92 Å². The van der Waals surface area contributed by atoms with Crippen molar-refractivity contribution in [3.63, 3.8) is 0 Å². The number of carbonyl (C=O) groups is 1. The van der Waals surface area contributed by atoms with Gasteiger partial charge in [0.15, 0.2) is 0 Å². The second kappa shape index (κ2) is 8.30. The lowest BCUT2D eigenvalue weighted by molar-refractivity contribution is -0.153. The highest BCUT2D eigenvalue weighted by Gasteiger charge is 2.36. The van der Waals surface area contributed by atoms with Gasteiger partial charge in [0, 0.05) is 6.42 Å². The first kappa shape index (κ1) is 19.7. The molecule has 0 radical (unpaired) electrons. The fraction of sp³-hybridized carbons (Fsp3) is 0.240. The molecule has 0 saturated heterocycles. The zero-order valence-electron chi connectivity index (χ0n) is 16.6. The quantitative estimate of drug-likeness (QED) is 0.556. The van der Waals surface area contributed by atoms with Gasteiger partial charge < -0.3 is 9.84 Å². The van der Waals surface area contributed by atoms with Gasteiger partial charge in [0.2, 0.25) is 5.60 Å². The predicted molar refractivity (Wildman–Crippen MR) is 113 cm³/mol. The molecule has 1 N–H and O–H groups in total. The van der Waals surface area contributed by atoms with E-state index in [0.29, 0.717) is 11.7 Å². The lowest BCUT2D eigenvalue weighted by Gasteiger charge is -2.27. The van der Waals surface area contributed by atoms with E-state index in [4.69, 9.17) is 4.74 Å². The third-order valence-corrected chi connectivity index (χ3v) is 4.92. The highest BCUT2D eigenvalue weighted by atomic mass is 16.5. The van der Waals surface area contributed by atoms with Crippen molar-refractivity contribution in [3.8, 4) is 16.9 Å². The van der Waals surface area contributed by atoms with Gasteiger partial charge >= 0.3 is 5.97 Å². The van der Waals surface area contributed by atoms with Gasteiger partial charge in [0.25, 0.3) is 0 Å². The maximum atomic E-state index is 12.0. The van der Waals surface area contributed by atoms with Crippen molar-refractivity contribution in [3.05, 3.63) is 90.0 Å². The van der Waals surface area contributed by atoms with E-state index in [1.807, 2.05) is 78.9 Å². The normalized spacial score (nSPS) is 13.1. The van der Waals surface area contributed by atoms with E-state index in [1.165, 1.54) is 5.56 Å². The molecule has 0 aromatic heterocycles. The molecule has 144 valence electrons. The van der Waals surface area contributed by atoms with Gasteiger partial charge in [-0.3, -0.25) is 0 Å². The Balaban J connectivity index is 1.83. The molecule has 0 aliphatic heterocycles. The zero-order chi connectivity index (χ0) is 20.1. The van der Waals surface area contributed by atoms with Crippen LogP contribution in [0.3, 0.4) is 0 Å². The summed E-state index contributed by atoms with van der Waals surface area (Å²) in [6.07, 6.45) is 0.273. The van der Waals surface area contributed by atoms with E-state index in [0.717, 1.165) is 16.7 Å². The molecule has 1 atom stereocenters. The Labute approximate surface area is 166 Å². The fourth-order valence-electron chi connectivity index (χ4n) is 3.22. The van der Waals surface area contributed by atoms with E-state index in [2.05, 4.69) is 13.8 Å². The van der Waals surface area contributed by atoms with E-state index < -0.39 is 11.6 Å². The van der Waals surface area contributed by atoms with Gasteiger partial charge in [-0.25, -0.2) is 4.79 Å². The molecule has 0 fully saturated rings. The summed E-state index contributed by atoms with van der Waals surface area (Å²) in [6.45, 7) is 5.87. The predicted octanol–water partition coefficient (Wildman–Crippen LogP) is 5.94. The minimum absolute atomic E-state index is 0.273. The Morgan fingerprint density at radius 2 is 1.57 bits per heavy atom. The van der Waals surface area contributed by atoms with Crippen LogP contribution in [-0.4, -0.2) is 16.7 Å². The van der Waals surface area contributed by atoms with Gasteiger partial charge in [-0.05, 0) is 47.2 Å². The van der Waals surface area contributed by atoms with Crippen LogP contribution in [0.4, 0.5) is 0 Å². The van der Waals surface area contributed by atoms with Crippen molar-refractivity contribution in [2.24, 2.45) is 0 Å². The average molecular weight is 374 g/mol. The van der Waals surface area contributed by atoms with Crippen molar-refractivity contribution >= 4 is 5.97 Å². The maximum Gasteiger partial charge on any atom is 0.348 e. The smallest absolute Gasteiger partial charge is 0.348 e. The van der Waals surface area contributed by atoms with Crippen molar-refractivity contribution in [1.29, 1.82) is 0 Å². The fourth-order valence-corrected chi connectivity index (χ4v) is 3.22. The van der Waals surface area contributed by atoms with Crippen LogP contribution in [0.1, 0.15) is 37.8 Å². The first-order chi connectivity index (χ1) is 13.4.